The number of nitrogens with one attached hydrogen (secondary N) is 1. The van der Waals surface area contributed by atoms with E-state index in [-0.39, 0.29) is 18.3 Å². The minimum absolute atomic E-state index is 0.0257. The van der Waals surface area contributed by atoms with Crippen LogP contribution in [0.25, 0.3) is 10.9 Å². The van der Waals surface area contributed by atoms with Gasteiger partial charge in [-0.25, -0.2) is 4.39 Å². The van der Waals surface area contributed by atoms with Crippen molar-refractivity contribution in [2.45, 2.75) is 18.1 Å². The van der Waals surface area contributed by atoms with E-state index in [0.29, 0.717) is 22.2 Å². The van der Waals surface area contributed by atoms with Gasteiger partial charge in [-0.05, 0) is 53.6 Å². The van der Waals surface area contributed by atoms with Gasteiger partial charge in [-0.3, -0.25) is 4.18 Å². The third-order valence-corrected chi connectivity index (χ3v) is 6.34. The molecule has 0 radical (unpaired) electrons. The lowest BCUT2D eigenvalue weighted by Gasteiger charge is -2.19. The largest absolute Gasteiger partial charge is 0.361 e. The van der Waals surface area contributed by atoms with Crippen molar-refractivity contribution in [3.05, 3.63) is 69.1 Å². The summed E-state index contributed by atoms with van der Waals surface area (Å²) in [5.74, 6) is 0.0348. The van der Waals surface area contributed by atoms with Crippen molar-refractivity contribution in [3.63, 3.8) is 0 Å². The van der Waals surface area contributed by atoms with Crippen molar-refractivity contribution in [1.82, 2.24) is 4.98 Å². The monoisotopic (exact) mass is 475 g/mol. The van der Waals surface area contributed by atoms with Crippen LogP contribution in [0.5, 0.6) is 0 Å². The standard InChI is InChI=1S/C20H20Cl2FNO3S2/c1-28-11-12-7-14(23)9-17-18(10-24-20(12)17)15(5-6-27-29(2,25)26)16-4-3-13(21)8-19(16)22/h3-4,7-10,15,24H,5-6,11H2,1-2H3. The van der Waals surface area contributed by atoms with Crippen molar-refractivity contribution in [1.29, 1.82) is 0 Å². The highest BCUT2D eigenvalue weighted by molar-refractivity contribution is 7.97. The quantitative estimate of drug-likeness (QED) is 0.407. The van der Waals surface area contributed by atoms with Crippen LogP contribution in [0.3, 0.4) is 0 Å². The normalized spacial score (nSPS) is 13.1. The molecule has 0 aliphatic heterocycles. The lowest BCUT2D eigenvalue weighted by Crippen LogP contribution is -2.10. The van der Waals surface area contributed by atoms with Crippen molar-refractivity contribution in [3.8, 4) is 0 Å². The first-order chi connectivity index (χ1) is 13.7. The van der Waals surface area contributed by atoms with Gasteiger partial charge in [0.05, 0.1) is 12.9 Å². The number of aromatic amines is 1. The summed E-state index contributed by atoms with van der Waals surface area (Å²) in [6.45, 7) is -0.0257. The first kappa shape index (κ1) is 22.4. The highest BCUT2D eigenvalue weighted by Gasteiger charge is 2.23. The van der Waals surface area contributed by atoms with Crippen LogP contribution in [0.15, 0.2) is 36.5 Å². The molecule has 1 heterocycles. The maximum absolute atomic E-state index is 14.3. The Balaban J connectivity index is 2.10. The molecule has 2 aromatic carbocycles. The Morgan fingerprint density at radius 2 is 1.97 bits per heavy atom. The molecule has 0 saturated carbocycles. The van der Waals surface area contributed by atoms with E-state index < -0.39 is 10.1 Å². The van der Waals surface area contributed by atoms with Gasteiger partial charge in [0, 0.05) is 38.8 Å². The van der Waals surface area contributed by atoms with Crippen LogP contribution >= 0.6 is 35.0 Å². The molecule has 0 fully saturated rings. The third kappa shape index (κ3) is 5.47. The average Bonchev–Trinajstić information content (AvgIpc) is 3.02. The van der Waals surface area contributed by atoms with Crippen molar-refractivity contribution in [2.75, 3.05) is 19.1 Å². The lowest BCUT2D eigenvalue weighted by atomic mass is 9.88. The Kier molecular flexibility index (Phi) is 7.17. The zero-order valence-corrected chi connectivity index (χ0v) is 19.0. The SMILES string of the molecule is CSCc1cc(F)cc2c(C(CCOS(C)(=O)=O)c3ccc(Cl)cc3Cl)c[nH]c12. The highest BCUT2D eigenvalue weighted by atomic mass is 35.5. The fraction of sp³-hybridized carbons (Fsp3) is 0.300. The van der Waals surface area contributed by atoms with Gasteiger partial charge in [0.1, 0.15) is 5.82 Å². The molecule has 0 spiro atoms. The lowest BCUT2D eigenvalue weighted by molar-refractivity contribution is 0.309. The predicted molar refractivity (Wildman–Crippen MR) is 119 cm³/mol. The first-order valence-corrected chi connectivity index (χ1v) is 12.7. The summed E-state index contributed by atoms with van der Waals surface area (Å²) in [6.07, 6.45) is 5.13. The van der Waals surface area contributed by atoms with Gasteiger partial charge in [0.25, 0.3) is 10.1 Å². The topological polar surface area (TPSA) is 59.2 Å². The van der Waals surface area contributed by atoms with Crippen LogP contribution in [0.1, 0.15) is 29.0 Å². The molecular weight excluding hydrogens is 456 g/mol. The Morgan fingerprint density at radius 1 is 1.21 bits per heavy atom. The molecule has 0 amide bonds. The number of halogens is 3. The van der Waals surface area contributed by atoms with Gasteiger partial charge in [-0.2, -0.15) is 20.2 Å². The number of fused-ring (bicyclic) bond motifs is 1. The minimum atomic E-state index is -3.58. The molecule has 0 aliphatic carbocycles. The van der Waals surface area contributed by atoms with Gasteiger partial charge in [-0.1, -0.05) is 29.3 Å². The number of aromatic nitrogens is 1. The predicted octanol–water partition coefficient (Wildman–Crippen LogP) is 5.98. The van der Waals surface area contributed by atoms with Crippen LogP contribution in [0.2, 0.25) is 10.0 Å². The van der Waals surface area contributed by atoms with Gasteiger partial charge in [0.15, 0.2) is 0 Å². The Bertz CT molecular complexity index is 1130. The summed E-state index contributed by atoms with van der Waals surface area (Å²) in [4.78, 5) is 3.25. The van der Waals surface area contributed by atoms with Gasteiger partial charge in [0.2, 0.25) is 0 Å². The molecule has 1 atom stereocenters. The molecule has 4 nitrogen and oxygen atoms in total. The van der Waals surface area contributed by atoms with Crippen molar-refractivity contribution >= 4 is 56.0 Å². The summed E-state index contributed by atoms with van der Waals surface area (Å²) >= 11 is 14.1. The first-order valence-electron chi connectivity index (χ1n) is 8.77. The number of hydrogen-bond donors (Lipinski definition) is 1. The smallest absolute Gasteiger partial charge is 0.264 e. The van der Waals surface area contributed by atoms with E-state index in [0.717, 1.165) is 33.8 Å². The van der Waals surface area contributed by atoms with Crippen molar-refractivity contribution < 1.29 is 17.0 Å². The van der Waals surface area contributed by atoms with Gasteiger partial charge < -0.3 is 4.98 Å². The van der Waals surface area contributed by atoms with E-state index >= 15 is 0 Å². The molecule has 0 bridgehead atoms. The molecule has 1 aromatic heterocycles. The van der Waals surface area contributed by atoms with E-state index in [2.05, 4.69) is 4.98 Å². The minimum Gasteiger partial charge on any atom is -0.361 e. The van der Waals surface area contributed by atoms with Gasteiger partial charge >= 0.3 is 0 Å². The third-order valence-electron chi connectivity index (χ3n) is 4.58. The molecule has 0 aliphatic rings. The number of rotatable bonds is 8. The molecular formula is C20H20Cl2FNO3S2. The number of H-pyrrole nitrogens is 1. The summed E-state index contributed by atoms with van der Waals surface area (Å²) in [7, 11) is -3.58. The highest BCUT2D eigenvalue weighted by Crippen LogP contribution is 2.39. The second-order valence-corrected chi connectivity index (χ2v) is 10.1. The van der Waals surface area contributed by atoms with Crippen LogP contribution in [0.4, 0.5) is 4.39 Å². The van der Waals surface area contributed by atoms with Crippen LogP contribution in [0, 0.1) is 5.82 Å². The van der Waals surface area contributed by atoms with E-state index in [4.69, 9.17) is 27.4 Å². The molecule has 0 saturated heterocycles. The molecule has 9 heteroatoms. The zero-order valence-electron chi connectivity index (χ0n) is 15.8. The Hall–Kier alpha value is -1.25. The fourth-order valence-electron chi connectivity index (χ4n) is 3.43. The summed E-state index contributed by atoms with van der Waals surface area (Å²) in [6, 6.07) is 8.17. The molecule has 156 valence electrons. The van der Waals surface area contributed by atoms with E-state index in [1.165, 1.54) is 12.1 Å². The van der Waals surface area contributed by atoms with Crippen LogP contribution < -0.4 is 0 Å². The molecule has 3 aromatic rings. The number of benzene rings is 2. The average molecular weight is 476 g/mol. The van der Waals surface area contributed by atoms with E-state index in [1.807, 2.05) is 12.5 Å². The summed E-state index contributed by atoms with van der Waals surface area (Å²) in [5, 5.41) is 1.69. The molecule has 1 unspecified atom stereocenters. The second kappa shape index (κ2) is 9.27. The van der Waals surface area contributed by atoms with Crippen LogP contribution in [-0.4, -0.2) is 32.5 Å². The second-order valence-electron chi connectivity index (χ2n) is 6.70. The number of hydrogen-bond acceptors (Lipinski definition) is 4. The number of thioether (sulfide) groups is 1. The molecule has 29 heavy (non-hydrogen) atoms. The Morgan fingerprint density at radius 3 is 2.62 bits per heavy atom. The molecule has 1 N–H and O–H groups in total. The maximum atomic E-state index is 14.3. The Labute approximate surface area is 183 Å². The zero-order chi connectivity index (χ0) is 21.2. The van der Waals surface area contributed by atoms with E-state index in [9.17, 15) is 12.8 Å². The van der Waals surface area contributed by atoms with E-state index in [1.54, 1.807) is 30.0 Å². The van der Waals surface area contributed by atoms with Gasteiger partial charge in [-0.15, -0.1) is 0 Å². The molecule has 3 rings (SSSR count). The summed E-state index contributed by atoms with van der Waals surface area (Å²) in [5.41, 5.74) is 3.31. The summed E-state index contributed by atoms with van der Waals surface area (Å²) < 4.78 is 42.1. The van der Waals surface area contributed by atoms with Crippen molar-refractivity contribution in [2.24, 2.45) is 0 Å². The van der Waals surface area contributed by atoms with Crippen LogP contribution in [-0.2, 0) is 20.1 Å². The fourth-order valence-corrected chi connectivity index (χ4v) is 4.90. The maximum Gasteiger partial charge on any atom is 0.264 e.